The van der Waals surface area contributed by atoms with Gasteiger partial charge in [0.15, 0.2) is 0 Å². The molecule has 1 N–H and O–H groups in total. The van der Waals surface area contributed by atoms with Crippen molar-refractivity contribution in [2.75, 3.05) is 0 Å². The molecule has 0 spiro atoms. The molecule has 2 nitrogen and oxygen atoms in total. The molecule has 0 fully saturated rings. The molecule has 1 heterocycles. The molecule has 3 heteroatoms. The second-order valence-electron chi connectivity index (χ2n) is 5.30. The van der Waals surface area contributed by atoms with E-state index < -0.39 is 0 Å². The highest BCUT2D eigenvalue weighted by Crippen LogP contribution is 2.28. The highest BCUT2D eigenvalue weighted by atomic mass is 32.1. The second kappa shape index (κ2) is 7.00. The van der Waals surface area contributed by atoms with Gasteiger partial charge in [0, 0.05) is 23.0 Å². The minimum atomic E-state index is 0.560. The van der Waals surface area contributed by atoms with E-state index in [1.807, 2.05) is 11.3 Å². The lowest BCUT2D eigenvalue weighted by Crippen LogP contribution is -2.24. The standard InChI is InChI=1S/C17H24N2S/c1-5-13(4)18-11-16-15(6-2)19-17(20-16)14-9-7-12(3)8-10-14/h7-10,13,18H,5-6,11H2,1-4H3. The van der Waals surface area contributed by atoms with E-state index in [9.17, 15) is 0 Å². The summed E-state index contributed by atoms with van der Waals surface area (Å²) in [6.45, 7) is 9.67. The number of hydrogen-bond donors (Lipinski definition) is 1. The number of hydrogen-bond acceptors (Lipinski definition) is 3. The summed E-state index contributed by atoms with van der Waals surface area (Å²) in [5.74, 6) is 0. The number of nitrogens with zero attached hydrogens (tertiary/aromatic N) is 1. The van der Waals surface area contributed by atoms with Gasteiger partial charge in [-0.25, -0.2) is 4.98 Å². The summed E-state index contributed by atoms with van der Waals surface area (Å²) in [6, 6.07) is 9.20. The van der Waals surface area contributed by atoms with Crippen molar-refractivity contribution < 1.29 is 0 Å². The van der Waals surface area contributed by atoms with Crippen molar-refractivity contribution in [3.8, 4) is 10.6 Å². The number of nitrogens with one attached hydrogen (secondary N) is 1. The Hall–Kier alpha value is -1.19. The molecular formula is C17H24N2S. The first-order valence-corrected chi connectivity index (χ1v) is 8.24. The van der Waals surface area contributed by atoms with Crippen molar-refractivity contribution in [3.05, 3.63) is 40.4 Å². The van der Waals surface area contributed by atoms with Crippen LogP contribution in [0.1, 0.15) is 43.3 Å². The molecule has 0 saturated carbocycles. The van der Waals surface area contributed by atoms with E-state index in [4.69, 9.17) is 4.98 Å². The summed E-state index contributed by atoms with van der Waals surface area (Å²) in [4.78, 5) is 6.19. The van der Waals surface area contributed by atoms with Crippen molar-refractivity contribution in [3.63, 3.8) is 0 Å². The van der Waals surface area contributed by atoms with E-state index in [0.717, 1.165) is 24.4 Å². The van der Waals surface area contributed by atoms with Crippen molar-refractivity contribution >= 4 is 11.3 Å². The van der Waals surface area contributed by atoms with Crippen molar-refractivity contribution in [1.82, 2.24) is 10.3 Å². The van der Waals surface area contributed by atoms with E-state index >= 15 is 0 Å². The Morgan fingerprint density at radius 2 is 1.90 bits per heavy atom. The Bertz CT molecular complexity index is 543. The molecule has 1 atom stereocenters. The first-order chi connectivity index (χ1) is 9.63. The van der Waals surface area contributed by atoms with Gasteiger partial charge in [0.05, 0.1) is 5.69 Å². The molecule has 0 amide bonds. The molecule has 0 bridgehead atoms. The van der Waals surface area contributed by atoms with Crippen molar-refractivity contribution in [2.24, 2.45) is 0 Å². The van der Waals surface area contributed by atoms with E-state index in [-0.39, 0.29) is 0 Å². The van der Waals surface area contributed by atoms with Crippen molar-refractivity contribution in [1.29, 1.82) is 0 Å². The SMILES string of the molecule is CCc1nc(-c2ccc(C)cc2)sc1CNC(C)CC. The van der Waals surface area contributed by atoms with Crippen LogP contribution >= 0.6 is 11.3 Å². The van der Waals surface area contributed by atoms with Gasteiger partial charge in [-0.3, -0.25) is 0 Å². The van der Waals surface area contributed by atoms with Crippen LogP contribution in [0.4, 0.5) is 0 Å². The van der Waals surface area contributed by atoms with Crippen LogP contribution in [0, 0.1) is 6.92 Å². The van der Waals surface area contributed by atoms with Gasteiger partial charge in [-0.15, -0.1) is 11.3 Å². The quantitative estimate of drug-likeness (QED) is 0.842. The zero-order valence-corrected chi connectivity index (χ0v) is 13.7. The molecule has 2 rings (SSSR count). The smallest absolute Gasteiger partial charge is 0.123 e. The highest BCUT2D eigenvalue weighted by Gasteiger charge is 2.11. The zero-order chi connectivity index (χ0) is 14.5. The van der Waals surface area contributed by atoms with Crippen LogP contribution < -0.4 is 5.32 Å². The van der Waals surface area contributed by atoms with E-state index in [0.29, 0.717) is 6.04 Å². The average molecular weight is 288 g/mol. The summed E-state index contributed by atoms with van der Waals surface area (Å²) < 4.78 is 0. The maximum Gasteiger partial charge on any atom is 0.123 e. The Labute approximate surface area is 126 Å². The van der Waals surface area contributed by atoms with E-state index in [1.54, 1.807) is 0 Å². The lowest BCUT2D eigenvalue weighted by molar-refractivity contribution is 0.535. The summed E-state index contributed by atoms with van der Waals surface area (Å²) in [5, 5.41) is 4.71. The van der Waals surface area contributed by atoms with Gasteiger partial charge >= 0.3 is 0 Å². The van der Waals surface area contributed by atoms with Gasteiger partial charge in [0.25, 0.3) is 0 Å². The van der Waals surface area contributed by atoms with Gasteiger partial charge < -0.3 is 5.32 Å². The minimum absolute atomic E-state index is 0.560. The van der Waals surface area contributed by atoms with Gasteiger partial charge in [0.2, 0.25) is 0 Å². The molecule has 108 valence electrons. The van der Waals surface area contributed by atoms with Crippen LogP contribution in [0.25, 0.3) is 10.6 Å². The number of aromatic nitrogens is 1. The summed E-state index contributed by atoms with van der Waals surface area (Å²) >= 11 is 1.82. The molecule has 1 aromatic heterocycles. The van der Waals surface area contributed by atoms with E-state index in [2.05, 4.69) is 57.3 Å². The van der Waals surface area contributed by atoms with Crippen LogP contribution in [0.15, 0.2) is 24.3 Å². The average Bonchev–Trinajstić information content (AvgIpc) is 2.88. The third kappa shape index (κ3) is 3.68. The fraction of sp³-hybridized carbons (Fsp3) is 0.471. The van der Waals surface area contributed by atoms with Crippen LogP contribution in [0.3, 0.4) is 0 Å². The maximum atomic E-state index is 4.81. The lowest BCUT2D eigenvalue weighted by atomic mass is 10.2. The van der Waals surface area contributed by atoms with Gasteiger partial charge in [-0.1, -0.05) is 43.7 Å². The third-order valence-electron chi connectivity index (χ3n) is 3.64. The molecule has 0 aliphatic heterocycles. The molecule has 0 radical (unpaired) electrons. The van der Waals surface area contributed by atoms with Crippen LogP contribution in [0.5, 0.6) is 0 Å². The Morgan fingerprint density at radius 1 is 1.20 bits per heavy atom. The molecule has 2 aromatic rings. The van der Waals surface area contributed by atoms with Crippen LogP contribution in [0.2, 0.25) is 0 Å². The lowest BCUT2D eigenvalue weighted by Gasteiger charge is -2.10. The number of thiazole rings is 1. The molecular weight excluding hydrogens is 264 g/mol. The Morgan fingerprint density at radius 3 is 2.50 bits per heavy atom. The normalized spacial score (nSPS) is 12.6. The zero-order valence-electron chi connectivity index (χ0n) is 12.9. The fourth-order valence-electron chi connectivity index (χ4n) is 2.03. The van der Waals surface area contributed by atoms with Gasteiger partial charge in [-0.2, -0.15) is 0 Å². The molecule has 1 unspecified atom stereocenters. The minimum Gasteiger partial charge on any atom is -0.309 e. The second-order valence-corrected chi connectivity index (χ2v) is 6.38. The predicted molar refractivity (Wildman–Crippen MR) is 88.3 cm³/mol. The summed E-state index contributed by atoms with van der Waals surface area (Å²) in [6.07, 6.45) is 2.16. The summed E-state index contributed by atoms with van der Waals surface area (Å²) in [7, 11) is 0. The maximum absolute atomic E-state index is 4.81. The van der Waals surface area contributed by atoms with Crippen LogP contribution in [-0.4, -0.2) is 11.0 Å². The first kappa shape index (κ1) is 15.2. The van der Waals surface area contributed by atoms with E-state index in [1.165, 1.54) is 21.7 Å². The fourth-order valence-corrected chi connectivity index (χ4v) is 3.14. The monoisotopic (exact) mass is 288 g/mol. The number of benzene rings is 1. The predicted octanol–water partition coefficient (Wildman–Crippen LogP) is 4.57. The number of rotatable bonds is 6. The van der Waals surface area contributed by atoms with Crippen molar-refractivity contribution in [2.45, 2.75) is 53.1 Å². The topological polar surface area (TPSA) is 24.9 Å². The van der Waals surface area contributed by atoms with Gasteiger partial charge in [0.1, 0.15) is 5.01 Å². The molecule has 0 saturated heterocycles. The highest BCUT2D eigenvalue weighted by molar-refractivity contribution is 7.15. The largest absolute Gasteiger partial charge is 0.309 e. The van der Waals surface area contributed by atoms with Crippen LogP contribution in [-0.2, 0) is 13.0 Å². The Kier molecular flexibility index (Phi) is 5.32. The van der Waals surface area contributed by atoms with Gasteiger partial charge in [-0.05, 0) is 26.7 Å². The first-order valence-electron chi connectivity index (χ1n) is 7.43. The molecule has 0 aliphatic carbocycles. The summed E-state index contributed by atoms with van der Waals surface area (Å²) in [5.41, 5.74) is 3.76. The molecule has 0 aliphatic rings. The molecule has 20 heavy (non-hydrogen) atoms. The Balaban J connectivity index is 2.19. The molecule has 1 aromatic carbocycles. The third-order valence-corrected chi connectivity index (χ3v) is 4.78. The number of aryl methyl sites for hydroxylation is 2.